The highest BCUT2D eigenvalue weighted by Gasteiger charge is 2.48. The Labute approximate surface area is 106 Å². The molecule has 1 fully saturated rings. The van der Waals surface area contributed by atoms with Gasteiger partial charge in [-0.3, -0.25) is 0 Å². The molecule has 0 saturated heterocycles. The summed E-state index contributed by atoms with van der Waals surface area (Å²) in [5, 5.41) is 17.1. The van der Waals surface area contributed by atoms with E-state index >= 15 is 0 Å². The molecule has 2 aliphatic rings. The van der Waals surface area contributed by atoms with Crippen molar-refractivity contribution in [3.05, 3.63) is 11.8 Å². The van der Waals surface area contributed by atoms with Gasteiger partial charge in [-0.15, -0.1) is 0 Å². The van der Waals surface area contributed by atoms with E-state index in [4.69, 9.17) is 0 Å². The number of anilines is 1. The number of nitrogens with zero attached hydrogens (tertiary/aromatic N) is 2. The maximum atomic E-state index is 13.0. The van der Waals surface area contributed by atoms with Crippen LogP contribution in [0.1, 0.15) is 35.8 Å². The summed E-state index contributed by atoms with van der Waals surface area (Å²) in [5.74, 6) is -1.24. The van der Waals surface area contributed by atoms with Gasteiger partial charge in [0.2, 0.25) is 0 Å². The van der Waals surface area contributed by atoms with Crippen LogP contribution in [-0.2, 0) is 0 Å². The summed E-state index contributed by atoms with van der Waals surface area (Å²) in [6.07, 6.45) is -2.75. The van der Waals surface area contributed by atoms with Crippen molar-refractivity contribution in [1.82, 2.24) is 9.78 Å². The minimum absolute atomic E-state index is 0.102. The average Bonchev–Trinajstić information content (AvgIpc) is 3.05. The third-order valence-corrected chi connectivity index (χ3v) is 3.62. The van der Waals surface area contributed by atoms with E-state index in [-0.39, 0.29) is 24.2 Å². The number of carboxylic acid groups (broad SMARTS) is 1. The number of alkyl halides is 3. The van der Waals surface area contributed by atoms with Crippen molar-refractivity contribution in [3.8, 4) is 0 Å². The standard InChI is InChI=1S/C11H12F3N3O2/c12-11(13,14)8-3-6(5-1-2-5)15-9-4-7(10(18)19)16-17(8)9/h4-6,8,15H,1-3H2,(H,18,19)/p-1/t6-,8+/m0/s1. The van der Waals surface area contributed by atoms with Crippen LogP contribution in [0.4, 0.5) is 19.0 Å². The normalized spacial score (nSPS) is 26.7. The summed E-state index contributed by atoms with van der Waals surface area (Å²) >= 11 is 0. The lowest BCUT2D eigenvalue weighted by atomic mass is 10.0. The molecule has 2 heterocycles. The Morgan fingerprint density at radius 2 is 2.16 bits per heavy atom. The number of rotatable bonds is 2. The van der Waals surface area contributed by atoms with Gasteiger partial charge in [-0.25, -0.2) is 4.68 Å². The molecule has 104 valence electrons. The van der Waals surface area contributed by atoms with Crippen molar-refractivity contribution in [1.29, 1.82) is 0 Å². The topological polar surface area (TPSA) is 70.0 Å². The Bertz CT molecular complexity index is 522. The molecule has 0 spiro atoms. The molecule has 1 aliphatic carbocycles. The SMILES string of the molecule is O=C([O-])c1cc2n(n1)[C@@H](C(F)(F)F)C[C@@H](C1CC1)N2. The van der Waals surface area contributed by atoms with E-state index in [2.05, 4.69) is 10.4 Å². The second-order valence-electron chi connectivity index (χ2n) is 5.03. The zero-order valence-corrected chi connectivity index (χ0v) is 9.78. The summed E-state index contributed by atoms with van der Waals surface area (Å²) < 4.78 is 39.8. The van der Waals surface area contributed by atoms with Crippen LogP contribution in [0.25, 0.3) is 0 Å². The molecule has 1 saturated carbocycles. The van der Waals surface area contributed by atoms with E-state index in [0.29, 0.717) is 4.68 Å². The molecule has 0 aromatic carbocycles. The zero-order chi connectivity index (χ0) is 13.8. The molecular formula is C11H11F3N3O2-. The fourth-order valence-corrected chi connectivity index (χ4v) is 2.51. The van der Waals surface area contributed by atoms with Crippen LogP contribution in [0, 0.1) is 5.92 Å². The van der Waals surface area contributed by atoms with Gasteiger partial charge in [0.05, 0.1) is 5.97 Å². The minimum atomic E-state index is -4.45. The van der Waals surface area contributed by atoms with Crippen LogP contribution in [0.2, 0.25) is 0 Å². The van der Waals surface area contributed by atoms with Gasteiger partial charge in [0.25, 0.3) is 0 Å². The van der Waals surface area contributed by atoms with Crippen molar-refractivity contribution < 1.29 is 23.1 Å². The van der Waals surface area contributed by atoms with Gasteiger partial charge in [-0.1, -0.05) is 0 Å². The van der Waals surface area contributed by atoms with Crippen molar-refractivity contribution in [3.63, 3.8) is 0 Å². The van der Waals surface area contributed by atoms with E-state index < -0.39 is 23.9 Å². The molecular weight excluding hydrogens is 263 g/mol. The number of hydrogen-bond donors (Lipinski definition) is 1. The largest absolute Gasteiger partial charge is 0.543 e. The highest BCUT2D eigenvalue weighted by molar-refractivity contribution is 5.84. The third kappa shape index (κ3) is 2.15. The quantitative estimate of drug-likeness (QED) is 0.871. The van der Waals surface area contributed by atoms with Crippen LogP contribution in [0.5, 0.6) is 0 Å². The Kier molecular flexibility index (Phi) is 2.51. The number of nitrogens with one attached hydrogen (secondary N) is 1. The van der Waals surface area contributed by atoms with Crippen molar-refractivity contribution in [2.45, 2.75) is 37.5 Å². The molecule has 0 radical (unpaired) electrons. The number of carbonyl (C=O) groups is 1. The zero-order valence-electron chi connectivity index (χ0n) is 9.78. The molecule has 5 nitrogen and oxygen atoms in total. The second-order valence-corrected chi connectivity index (χ2v) is 5.03. The predicted octanol–water partition coefficient (Wildman–Crippen LogP) is 0.944. The molecule has 3 rings (SSSR count). The van der Waals surface area contributed by atoms with Crippen LogP contribution in [0.3, 0.4) is 0 Å². The minimum Gasteiger partial charge on any atom is -0.543 e. The van der Waals surface area contributed by atoms with Gasteiger partial charge >= 0.3 is 6.18 Å². The van der Waals surface area contributed by atoms with E-state index in [9.17, 15) is 23.1 Å². The lowest BCUT2D eigenvalue weighted by Gasteiger charge is -2.33. The first-order chi connectivity index (χ1) is 8.86. The highest BCUT2D eigenvalue weighted by Crippen LogP contribution is 2.45. The van der Waals surface area contributed by atoms with Gasteiger partial charge in [0, 0.05) is 12.1 Å². The summed E-state index contributed by atoms with van der Waals surface area (Å²) in [5.41, 5.74) is -0.479. The molecule has 0 unspecified atom stereocenters. The number of hydrogen-bond acceptors (Lipinski definition) is 4. The summed E-state index contributed by atoms with van der Waals surface area (Å²) in [6, 6.07) is -0.948. The summed E-state index contributed by atoms with van der Waals surface area (Å²) in [4.78, 5) is 10.7. The first kappa shape index (κ1) is 12.3. The smallest absolute Gasteiger partial charge is 0.410 e. The average molecular weight is 274 g/mol. The molecule has 1 aromatic heterocycles. The summed E-state index contributed by atoms with van der Waals surface area (Å²) in [6.45, 7) is 0. The third-order valence-electron chi connectivity index (χ3n) is 3.62. The number of fused-ring (bicyclic) bond motifs is 1. The monoisotopic (exact) mass is 274 g/mol. The van der Waals surface area contributed by atoms with Gasteiger partial charge in [-0.05, 0) is 25.2 Å². The van der Waals surface area contributed by atoms with Crippen LogP contribution < -0.4 is 10.4 Å². The molecule has 1 N–H and O–H groups in total. The molecule has 2 atom stereocenters. The van der Waals surface area contributed by atoms with E-state index in [1.54, 1.807) is 0 Å². The lowest BCUT2D eigenvalue weighted by molar-refractivity contribution is -0.255. The fourth-order valence-electron chi connectivity index (χ4n) is 2.51. The van der Waals surface area contributed by atoms with E-state index in [1.165, 1.54) is 0 Å². The molecule has 19 heavy (non-hydrogen) atoms. The first-order valence-corrected chi connectivity index (χ1v) is 6.00. The van der Waals surface area contributed by atoms with Crippen LogP contribution in [0.15, 0.2) is 6.07 Å². The van der Waals surface area contributed by atoms with Crippen molar-refractivity contribution in [2.75, 3.05) is 5.32 Å². The predicted molar refractivity (Wildman–Crippen MR) is 56.4 cm³/mol. The van der Waals surface area contributed by atoms with Gasteiger partial charge in [0.1, 0.15) is 11.5 Å². The Balaban J connectivity index is 1.99. The van der Waals surface area contributed by atoms with Crippen molar-refractivity contribution >= 4 is 11.8 Å². The molecule has 1 aliphatic heterocycles. The van der Waals surface area contributed by atoms with Gasteiger partial charge < -0.3 is 15.2 Å². The fraction of sp³-hybridized carbons (Fsp3) is 0.636. The van der Waals surface area contributed by atoms with Crippen molar-refractivity contribution in [2.24, 2.45) is 5.92 Å². The second kappa shape index (κ2) is 3.88. The first-order valence-electron chi connectivity index (χ1n) is 6.00. The summed E-state index contributed by atoms with van der Waals surface area (Å²) in [7, 11) is 0. The molecule has 8 heteroatoms. The molecule has 0 amide bonds. The molecule has 0 bridgehead atoms. The Morgan fingerprint density at radius 3 is 2.68 bits per heavy atom. The number of aromatic carboxylic acids is 1. The van der Waals surface area contributed by atoms with E-state index in [0.717, 1.165) is 18.9 Å². The highest BCUT2D eigenvalue weighted by atomic mass is 19.4. The van der Waals surface area contributed by atoms with Crippen LogP contribution in [-0.4, -0.2) is 28.0 Å². The van der Waals surface area contributed by atoms with Gasteiger partial charge in [-0.2, -0.15) is 18.3 Å². The Morgan fingerprint density at radius 1 is 1.47 bits per heavy atom. The molecule has 1 aromatic rings. The number of carbonyl (C=O) groups excluding carboxylic acids is 1. The van der Waals surface area contributed by atoms with Crippen LogP contribution >= 0.6 is 0 Å². The Hall–Kier alpha value is -1.73. The lowest BCUT2D eigenvalue weighted by Crippen LogP contribution is -2.40. The maximum Gasteiger partial charge on any atom is 0.410 e. The van der Waals surface area contributed by atoms with Gasteiger partial charge in [0.15, 0.2) is 6.04 Å². The number of carboxylic acids is 1. The number of halogens is 3. The maximum absolute atomic E-state index is 13.0. The van der Waals surface area contributed by atoms with E-state index in [1.807, 2.05) is 0 Å². The number of aromatic nitrogens is 2.